The van der Waals surface area contributed by atoms with Crippen molar-refractivity contribution in [1.29, 1.82) is 0 Å². The van der Waals surface area contributed by atoms with Crippen LogP contribution in [0.15, 0.2) is 0 Å². The molecule has 5 nitrogen and oxygen atoms in total. The van der Waals surface area contributed by atoms with Crippen molar-refractivity contribution in [3.8, 4) is 0 Å². The summed E-state index contributed by atoms with van der Waals surface area (Å²) in [5.41, 5.74) is 0. The van der Waals surface area contributed by atoms with Crippen molar-refractivity contribution < 1.29 is 14.7 Å². The van der Waals surface area contributed by atoms with Crippen molar-refractivity contribution in [2.75, 3.05) is 7.05 Å². The Kier molecular flexibility index (Phi) is 5.44. The van der Waals surface area contributed by atoms with Gasteiger partial charge in [-0.2, -0.15) is 0 Å². The van der Waals surface area contributed by atoms with Crippen LogP contribution >= 0.6 is 0 Å². The first-order valence-corrected chi connectivity index (χ1v) is 6.71. The number of rotatable bonds is 4. The molecule has 0 bridgehead atoms. The molecule has 0 aromatic carbocycles. The van der Waals surface area contributed by atoms with Crippen LogP contribution in [0, 0.1) is 5.92 Å². The standard InChI is InChI=1S/C13H24N2O3/c1-4-11(12(16)17)14-13(18)15(3)10-7-5-9(2)6-8-10/h9-11H,4-8H2,1-3H3,(H,14,18)(H,16,17)/t9?,10?,11-/m1/s1. The summed E-state index contributed by atoms with van der Waals surface area (Å²) in [5.74, 6) is -0.239. The van der Waals surface area contributed by atoms with E-state index in [0.29, 0.717) is 6.42 Å². The Morgan fingerprint density at radius 3 is 2.33 bits per heavy atom. The predicted octanol–water partition coefficient (Wildman–Crippen LogP) is 2.07. The van der Waals surface area contributed by atoms with E-state index < -0.39 is 12.0 Å². The van der Waals surface area contributed by atoms with Crippen molar-refractivity contribution >= 4 is 12.0 Å². The van der Waals surface area contributed by atoms with Gasteiger partial charge in [0, 0.05) is 13.1 Å². The number of carboxylic acids is 1. The molecule has 1 aliphatic rings. The molecule has 18 heavy (non-hydrogen) atoms. The first kappa shape index (κ1) is 14.8. The average molecular weight is 256 g/mol. The summed E-state index contributed by atoms with van der Waals surface area (Å²) in [6.45, 7) is 3.98. The number of carboxylic acid groups (broad SMARTS) is 1. The Hall–Kier alpha value is -1.26. The summed E-state index contributed by atoms with van der Waals surface area (Å²) in [7, 11) is 1.75. The smallest absolute Gasteiger partial charge is 0.326 e. The molecule has 0 unspecified atom stereocenters. The van der Waals surface area contributed by atoms with Gasteiger partial charge in [-0.1, -0.05) is 13.8 Å². The normalized spacial score (nSPS) is 25.3. The molecule has 5 heteroatoms. The van der Waals surface area contributed by atoms with Gasteiger partial charge in [-0.25, -0.2) is 9.59 Å². The number of carbonyl (C=O) groups is 2. The van der Waals surface area contributed by atoms with E-state index in [1.165, 1.54) is 0 Å². The summed E-state index contributed by atoms with van der Waals surface area (Å²) >= 11 is 0. The molecule has 0 heterocycles. The molecule has 0 spiro atoms. The second kappa shape index (κ2) is 6.61. The first-order valence-electron chi connectivity index (χ1n) is 6.71. The van der Waals surface area contributed by atoms with Crippen LogP contribution < -0.4 is 5.32 Å². The highest BCUT2D eigenvalue weighted by Gasteiger charge is 2.27. The third kappa shape index (κ3) is 3.89. The maximum atomic E-state index is 11.9. The number of urea groups is 1. The van der Waals surface area contributed by atoms with Crippen LogP contribution in [0.4, 0.5) is 4.79 Å². The highest BCUT2D eigenvalue weighted by atomic mass is 16.4. The van der Waals surface area contributed by atoms with Crippen molar-refractivity contribution in [3.63, 3.8) is 0 Å². The quantitative estimate of drug-likeness (QED) is 0.809. The Balaban J connectivity index is 2.48. The van der Waals surface area contributed by atoms with Crippen molar-refractivity contribution in [2.45, 2.75) is 58.0 Å². The van der Waals surface area contributed by atoms with Gasteiger partial charge in [-0.05, 0) is 38.0 Å². The summed E-state index contributed by atoms with van der Waals surface area (Å²) in [5, 5.41) is 11.5. The lowest BCUT2D eigenvalue weighted by molar-refractivity contribution is -0.139. The van der Waals surface area contributed by atoms with Crippen molar-refractivity contribution in [2.24, 2.45) is 5.92 Å². The molecular formula is C13H24N2O3. The monoisotopic (exact) mass is 256 g/mol. The second-order valence-corrected chi connectivity index (χ2v) is 5.27. The summed E-state index contributed by atoms with van der Waals surface area (Å²) in [6, 6.07) is -0.821. The molecule has 1 atom stereocenters. The molecule has 1 rings (SSSR count). The second-order valence-electron chi connectivity index (χ2n) is 5.27. The molecule has 0 aliphatic heterocycles. The number of nitrogens with one attached hydrogen (secondary N) is 1. The Morgan fingerprint density at radius 2 is 1.89 bits per heavy atom. The minimum absolute atomic E-state index is 0.243. The van der Waals surface area contributed by atoms with Gasteiger partial charge in [0.05, 0.1) is 0 Å². The number of carbonyl (C=O) groups excluding carboxylic acids is 1. The summed E-state index contributed by atoms with van der Waals surface area (Å²) in [6.07, 6.45) is 4.69. The number of hydrogen-bond acceptors (Lipinski definition) is 2. The summed E-state index contributed by atoms with van der Waals surface area (Å²) in [4.78, 5) is 24.5. The predicted molar refractivity (Wildman–Crippen MR) is 69.4 cm³/mol. The third-order valence-electron chi connectivity index (χ3n) is 3.86. The first-order chi connectivity index (χ1) is 8.45. The van der Waals surface area contributed by atoms with E-state index in [4.69, 9.17) is 5.11 Å². The molecule has 0 radical (unpaired) electrons. The Labute approximate surface area is 109 Å². The van der Waals surface area contributed by atoms with Crippen LogP contribution in [0.5, 0.6) is 0 Å². The Morgan fingerprint density at radius 1 is 1.33 bits per heavy atom. The van der Waals surface area contributed by atoms with Gasteiger partial charge in [0.25, 0.3) is 0 Å². The van der Waals surface area contributed by atoms with Crippen LogP contribution in [-0.2, 0) is 4.79 Å². The Bertz CT molecular complexity index is 299. The van der Waals surface area contributed by atoms with Gasteiger partial charge in [-0.3, -0.25) is 0 Å². The van der Waals surface area contributed by atoms with E-state index in [0.717, 1.165) is 31.6 Å². The van der Waals surface area contributed by atoms with Gasteiger partial charge in [0.15, 0.2) is 0 Å². The SMILES string of the molecule is CC[C@@H](NC(=O)N(C)C1CCC(C)CC1)C(=O)O. The zero-order valence-electron chi connectivity index (χ0n) is 11.5. The molecular weight excluding hydrogens is 232 g/mol. The molecule has 2 N–H and O–H groups in total. The fourth-order valence-corrected chi connectivity index (χ4v) is 2.38. The lowest BCUT2D eigenvalue weighted by atomic mass is 9.87. The molecule has 1 fully saturated rings. The van der Waals surface area contributed by atoms with Crippen LogP contribution in [0.3, 0.4) is 0 Å². The van der Waals surface area contributed by atoms with Gasteiger partial charge < -0.3 is 15.3 Å². The molecule has 2 amide bonds. The fourth-order valence-electron chi connectivity index (χ4n) is 2.38. The van der Waals surface area contributed by atoms with E-state index in [1.807, 2.05) is 0 Å². The lowest BCUT2D eigenvalue weighted by Gasteiger charge is -2.34. The molecule has 0 aromatic heterocycles. The van der Waals surface area contributed by atoms with Crippen LogP contribution in [0.2, 0.25) is 0 Å². The fraction of sp³-hybridized carbons (Fsp3) is 0.846. The average Bonchev–Trinajstić information content (AvgIpc) is 2.35. The number of hydrogen-bond donors (Lipinski definition) is 2. The molecule has 1 saturated carbocycles. The maximum Gasteiger partial charge on any atom is 0.326 e. The van der Waals surface area contributed by atoms with Crippen LogP contribution in [0.25, 0.3) is 0 Å². The van der Waals surface area contributed by atoms with Gasteiger partial charge in [0.2, 0.25) is 0 Å². The maximum absolute atomic E-state index is 11.9. The van der Waals surface area contributed by atoms with E-state index in [-0.39, 0.29) is 12.1 Å². The highest BCUT2D eigenvalue weighted by Crippen LogP contribution is 2.26. The molecule has 0 aromatic rings. The minimum Gasteiger partial charge on any atom is -0.480 e. The molecule has 1 aliphatic carbocycles. The van der Waals surface area contributed by atoms with Crippen molar-refractivity contribution in [3.05, 3.63) is 0 Å². The van der Waals surface area contributed by atoms with Gasteiger partial charge >= 0.3 is 12.0 Å². The van der Waals surface area contributed by atoms with Gasteiger partial charge in [-0.15, -0.1) is 0 Å². The number of aliphatic carboxylic acids is 1. The summed E-state index contributed by atoms with van der Waals surface area (Å²) < 4.78 is 0. The zero-order valence-corrected chi connectivity index (χ0v) is 11.5. The van der Waals surface area contributed by atoms with E-state index in [2.05, 4.69) is 12.2 Å². The van der Waals surface area contributed by atoms with Crippen LogP contribution in [0.1, 0.15) is 46.0 Å². The van der Waals surface area contributed by atoms with Gasteiger partial charge in [0.1, 0.15) is 6.04 Å². The van der Waals surface area contributed by atoms with E-state index in [1.54, 1.807) is 18.9 Å². The number of amides is 2. The number of nitrogens with zero attached hydrogens (tertiary/aromatic N) is 1. The molecule has 104 valence electrons. The zero-order chi connectivity index (χ0) is 13.7. The topological polar surface area (TPSA) is 69.6 Å². The lowest BCUT2D eigenvalue weighted by Crippen LogP contribution is -2.50. The van der Waals surface area contributed by atoms with E-state index in [9.17, 15) is 9.59 Å². The van der Waals surface area contributed by atoms with Crippen LogP contribution in [-0.4, -0.2) is 41.1 Å². The van der Waals surface area contributed by atoms with Crippen molar-refractivity contribution in [1.82, 2.24) is 10.2 Å². The van der Waals surface area contributed by atoms with E-state index >= 15 is 0 Å². The molecule has 0 saturated heterocycles. The third-order valence-corrected chi connectivity index (χ3v) is 3.86. The minimum atomic E-state index is -0.975. The highest BCUT2D eigenvalue weighted by molar-refractivity contribution is 5.82. The largest absolute Gasteiger partial charge is 0.480 e.